The van der Waals surface area contributed by atoms with Crippen molar-refractivity contribution < 1.29 is 28.7 Å². The Bertz CT molecular complexity index is 1080. The number of nitrogens with one attached hydrogen (secondary N) is 1. The van der Waals surface area contributed by atoms with Crippen molar-refractivity contribution in [2.24, 2.45) is 17.8 Å². The van der Waals surface area contributed by atoms with Gasteiger partial charge in [-0.05, 0) is 31.2 Å². The van der Waals surface area contributed by atoms with Crippen LogP contribution >= 0.6 is 0 Å². The van der Waals surface area contributed by atoms with E-state index < -0.39 is 35.4 Å². The number of hydrogen-bond acceptors (Lipinski definition) is 6. The standard InChI is InChI=1S/C31H39NO6/c1-21(2)26(30(36)27(33)16-11-17-38-4)20-28(34)22(3)32-31(37)25(18-23-12-7-5-8-13-23)19-29(35)24-14-9-6-10-15-24/h5-10,12-15,21-22,25-26H,11,16-20H2,1-4H3,(H,32,37)/t22-,25+,26-/m0/s1. The van der Waals surface area contributed by atoms with Crippen LogP contribution in [0.1, 0.15) is 62.4 Å². The molecule has 204 valence electrons. The van der Waals surface area contributed by atoms with Crippen molar-refractivity contribution in [1.82, 2.24) is 5.32 Å². The number of Topliss-reactive ketones (excluding diaryl/α,β-unsaturated/α-hetero) is 4. The van der Waals surface area contributed by atoms with E-state index in [0.717, 1.165) is 5.56 Å². The zero-order valence-corrected chi connectivity index (χ0v) is 22.8. The van der Waals surface area contributed by atoms with Crippen molar-refractivity contribution in [2.75, 3.05) is 13.7 Å². The lowest BCUT2D eigenvalue weighted by Crippen LogP contribution is -2.44. The Morgan fingerprint density at radius 1 is 0.842 bits per heavy atom. The molecule has 7 heteroatoms. The lowest BCUT2D eigenvalue weighted by molar-refractivity contribution is -0.141. The van der Waals surface area contributed by atoms with E-state index in [4.69, 9.17) is 4.74 Å². The summed E-state index contributed by atoms with van der Waals surface area (Å²) in [6.07, 6.45) is 0.716. The molecule has 0 aliphatic carbocycles. The average molecular weight is 522 g/mol. The van der Waals surface area contributed by atoms with Gasteiger partial charge in [0, 0.05) is 50.4 Å². The minimum absolute atomic E-state index is 0.00523. The second-order valence-corrected chi connectivity index (χ2v) is 10.0. The highest BCUT2D eigenvalue weighted by Gasteiger charge is 2.32. The SMILES string of the molecule is COCCCC(=O)C(=O)[C@@H](CC(=O)[C@H](C)NC(=O)[C@@H](CC(=O)c1ccccc1)Cc1ccccc1)C(C)C. The Labute approximate surface area is 225 Å². The molecule has 0 aromatic heterocycles. The van der Waals surface area contributed by atoms with Crippen molar-refractivity contribution in [2.45, 2.75) is 58.9 Å². The van der Waals surface area contributed by atoms with E-state index in [1.807, 2.05) is 36.4 Å². The third-order valence-electron chi connectivity index (χ3n) is 6.65. The summed E-state index contributed by atoms with van der Waals surface area (Å²) in [4.78, 5) is 64.3. The van der Waals surface area contributed by atoms with E-state index in [1.54, 1.807) is 45.0 Å². The predicted octanol–water partition coefficient (Wildman–Crippen LogP) is 4.42. The average Bonchev–Trinajstić information content (AvgIpc) is 2.91. The number of carbonyl (C=O) groups excluding carboxylic acids is 5. The van der Waals surface area contributed by atoms with Crippen LogP contribution in [0.2, 0.25) is 0 Å². The van der Waals surface area contributed by atoms with E-state index >= 15 is 0 Å². The van der Waals surface area contributed by atoms with Gasteiger partial charge in [0.15, 0.2) is 17.3 Å². The lowest BCUT2D eigenvalue weighted by atomic mass is 9.83. The first kappa shape index (κ1) is 30.8. The summed E-state index contributed by atoms with van der Waals surface area (Å²) < 4.78 is 4.94. The van der Waals surface area contributed by atoms with Crippen molar-refractivity contribution in [3.63, 3.8) is 0 Å². The van der Waals surface area contributed by atoms with Crippen LogP contribution in [-0.2, 0) is 30.3 Å². The molecule has 2 rings (SSSR count). The molecule has 0 aliphatic heterocycles. The molecular formula is C31H39NO6. The fraction of sp³-hybridized carbons (Fsp3) is 0.452. The molecule has 1 amide bonds. The molecule has 38 heavy (non-hydrogen) atoms. The van der Waals surface area contributed by atoms with E-state index in [9.17, 15) is 24.0 Å². The normalized spacial score (nSPS) is 13.4. The maximum Gasteiger partial charge on any atom is 0.224 e. The van der Waals surface area contributed by atoms with Crippen molar-refractivity contribution in [1.29, 1.82) is 0 Å². The van der Waals surface area contributed by atoms with Gasteiger partial charge in [-0.1, -0.05) is 74.5 Å². The van der Waals surface area contributed by atoms with E-state index in [1.165, 1.54) is 7.11 Å². The van der Waals surface area contributed by atoms with Gasteiger partial charge in [0.1, 0.15) is 0 Å². The largest absolute Gasteiger partial charge is 0.385 e. The fourth-order valence-corrected chi connectivity index (χ4v) is 4.27. The Hall–Kier alpha value is -3.45. The van der Waals surface area contributed by atoms with E-state index in [2.05, 4.69) is 5.32 Å². The minimum Gasteiger partial charge on any atom is -0.385 e. The topological polar surface area (TPSA) is 107 Å². The van der Waals surface area contributed by atoms with Gasteiger partial charge in [-0.15, -0.1) is 0 Å². The van der Waals surface area contributed by atoms with E-state index in [0.29, 0.717) is 25.0 Å². The summed E-state index contributed by atoms with van der Waals surface area (Å²) in [5, 5.41) is 2.76. The van der Waals surface area contributed by atoms with Crippen LogP contribution in [0.15, 0.2) is 60.7 Å². The number of ether oxygens (including phenoxy) is 1. The van der Waals surface area contributed by atoms with Crippen LogP contribution in [0.5, 0.6) is 0 Å². The second kappa shape index (κ2) is 15.7. The molecule has 0 fully saturated rings. The molecule has 7 nitrogen and oxygen atoms in total. The summed E-state index contributed by atoms with van der Waals surface area (Å²) in [6, 6.07) is 17.3. The van der Waals surface area contributed by atoms with Crippen molar-refractivity contribution >= 4 is 29.0 Å². The molecular weight excluding hydrogens is 482 g/mol. The first-order valence-electron chi connectivity index (χ1n) is 13.1. The maximum absolute atomic E-state index is 13.3. The fourth-order valence-electron chi connectivity index (χ4n) is 4.27. The zero-order valence-electron chi connectivity index (χ0n) is 22.8. The Kier molecular flexibility index (Phi) is 12.7. The molecule has 0 saturated carbocycles. The molecule has 0 aliphatic rings. The molecule has 0 unspecified atom stereocenters. The number of benzene rings is 2. The summed E-state index contributed by atoms with van der Waals surface area (Å²) in [5.74, 6) is -3.59. The highest BCUT2D eigenvalue weighted by Crippen LogP contribution is 2.21. The van der Waals surface area contributed by atoms with Crippen LogP contribution in [0.25, 0.3) is 0 Å². The molecule has 0 spiro atoms. The molecule has 0 bridgehead atoms. The number of rotatable bonds is 17. The minimum atomic E-state index is -0.870. The monoisotopic (exact) mass is 521 g/mol. The van der Waals surface area contributed by atoms with E-state index in [-0.39, 0.29) is 36.7 Å². The van der Waals surface area contributed by atoms with Gasteiger partial charge in [0.05, 0.1) is 6.04 Å². The van der Waals surface area contributed by atoms with Gasteiger partial charge in [-0.25, -0.2) is 0 Å². The van der Waals surface area contributed by atoms with Crippen molar-refractivity contribution in [3.8, 4) is 0 Å². The number of amides is 1. The van der Waals surface area contributed by atoms with Gasteiger partial charge in [-0.3, -0.25) is 24.0 Å². The third kappa shape index (κ3) is 9.78. The number of ketones is 4. The van der Waals surface area contributed by atoms with Gasteiger partial charge >= 0.3 is 0 Å². The van der Waals surface area contributed by atoms with Gasteiger partial charge in [-0.2, -0.15) is 0 Å². The molecule has 2 aromatic rings. The smallest absolute Gasteiger partial charge is 0.224 e. The molecule has 0 heterocycles. The molecule has 1 N–H and O–H groups in total. The quantitative estimate of drug-likeness (QED) is 0.188. The molecule has 3 atom stereocenters. The number of methoxy groups -OCH3 is 1. The Balaban J connectivity index is 2.09. The van der Waals surface area contributed by atoms with Crippen LogP contribution in [0.4, 0.5) is 0 Å². The summed E-state index contributed by atoms with van der Waals surface area (Å²) >= 11 is 0. The zero-order chi connectivity index (χ0) is 28.1. The predicted molar refractivity (Wildman–Crippen MR) is 146 cm³/mol. The number of carbonyl (C=O) groups is 5. The maximum atomic E-state index is 13.3. The van der Waals surface area contributed by atoms with Crippen LogP contribution in [0.3, 0.4) is 0 Å². The molecule has 0 saturated heterocycles. The highest BCUT2D eigenvalue weighted by molar-refractivity contribution is 6.38. The van der Waals surface area contributed by atoms with Crippen LogP contribution in [0, 0.1) is 17.8 Å². The second-order valence-electron chi connectivity index (χ2n) is 10.0. The molecule has 0 radical (unpaired) electrons. The van der Waals surface area contributed by atoms with Gasteiger partial charge < -0.3 is 10.1 Å². The first-order valence-corrected chi connectivity index (χ1v) is 13.1. The van der Waals surface area contributed by atoms with Crippen LogP contribution < -0.4 is 5.32 Å². The molecule has 2 aromatic carbocycles. The lowest BCUT2D eigenvalue weighted by Gasteiger charge is -2.23. The Morgan fingerprint density at radius 3 is 2.03 bits per heavy atom. The van der Waals surface area contributed by atoms with Gasteiger partial charge in [0.25, 0.3) is 0 Å². The summed E-state index contributed by atoms with van der Waals surface area (Å²) in [6.45, 7) is 5.55. The Morgan fingerprint density at radius 2 is 1.45 bits per heavy atom. The third-order valence-corrected chi connectivity index (χ3v) is 6.65. The summed E-state index contributed by atoms with van der Waals surface area (Å²) in [5.41, 5.74) is 1.43. The first-order chi connectivity index (χ1) is 18.1. The summed E-state index contributed by atoms with van der Waals surface area (Å²) in [7, 11) is 1.53. The van der Waals surface area contributed by atoms with Crippen molar-refractivity contribution in [3.05, 3.63) is 71.8 Å². The number of hydrogen-bond donors (Lipinski definition) is 1. The van der Waals surface area contributed by atoms with Crippen LogP contribution in [-0.4, -0.2) is 48.8 Å². The van der Waals surface area contributed by atoms with Gasteiger partial charge in [0.2, 0.25) is 11.7 Å². The highest BCUT2D eigenvalue weighted by atomic mass is 16.5.